The number of halogens is 1. The fraction of sp³-hybridized carbons (Fsp3) is 0.556. The summed E-state index contributed by atoms with van der Waals surface area (Å²) in [7, 11) is 0. The first kappa shape index (κ1) is 9.41. The molecule has 0 aliphatic carbocycles. The van der Waals surface area contributed by atoms with Crippen molar-refractivity contribution in [2.24, 2.45) is 5.92 Å². The molecule has 0 saturated carbocycles. The van der Waals surface area contributed by atoms with Gasteiger partial charge in [0.2, 0.25) is 0 Å². The lowest BCUT2D eigenvalue weighted by molar-refractivity contribution is 0.610. The standard InChI is InChI=1S/C9H15F/c1-5-6-9(7(2)3)8(4)10/h6-7H,4-5H2,1-3H3/b9-6-. The third-order valence-corrected chi connectivity index (χ3v) is 1.36. The Morgan fingerprint density at radius 1 is 1.60 bits per heavy atom. The predicted octanol–water partition coefficient (Wildman–Crippen LogP) is 3.46. The molecule has 1 heteroatoms. The highest BCUT2D eigenvalue weighted by Gasteiger charge is 2.04. The van der Waals surface area contributed by atoms with Gasteiger partial charge in [0, 0.05) is 0 Å². The van der Waals surface area contributed by atoms with E-state index in [1.165, 1.54) is 0 Å². The monoisotopic (exact) mass is 142 g/mol. The topological polar surface area (TPSA) is 0 Å². The Balaban J connectivity index is 4.27. The van der Waals surface area contributed by atoms with Crippen LogP contribution in [-0.4, -0.2) is 0 Å². The molecule has 0 aliphatic heterocycles. The summed E-state index contributed by atoms with van der Waals surface area (Å²) < 4.78 is 12.5. The molecular formula is C9H15F. The lowest BCUT2D eigenvalue weighted by atomic mass is 10.0. The molecular weight excluding hydrogens is 127 g/mol. The maximum absolute atomic E-state index is 12.5. The zero-order chi connectivity index (χ0) is 8.15. The van der Waals surface area contributed by atoms with Gasteiger partial charge in [-0.25, -0.2) is 4.39 Å². The van der Waals surface area contributed by atoms with Crippen LogP contribution in [0.2, 0.25) is 0 Å². The highest BCUT2D eigenvalue weighted by Crippen LogP contribution is 2.18. The van der Waals surface area contributed by atoms with Crippen molar-refractivity contribution in [3.63, 3.8) is 0 Å². The fourth-order valence-corrected chi connectivity index (χ4v) is 0.880. The minimum Gasteiger partial charge on any atom is -0.207 e. The molecule has 0 bridgehead atoms. The van der Waals surface area contributed by atoms with Gasteiger partial charge in [-0.05, 0) is 17.9 Å². The fourth-order valence-electron chi connectivity index (χ4n) is 0.880. The molecule has 0 unspecified atom stereocenters. The first-order chi connectivity index (χ1) is 4.59. The summed E-state index contributed by atoms with van der Waals surface area (Å²) in [5, 5.41) is 0. The van der Waals surface area contributed by atoms with Gasteiger partial charge in [-0.3, -0.25) is 0 Å². The van der Waals surface area contributed by atoms with Crippen LogP contribution < -0.4 is 0 Å². The zero-order valence-corrected chi connectivity index (χ0v) is 6.95. The second kappa shape index (κ2) is 4.26. The van der Waals surface area contributed by atoms with Crippen molar-refractivity contribution in [1.29, 1.82) is 0 Å². The molecule has 0 heterocycles. The SMILES string of the molecule is C=C(F)/C(=C\CC)C(C)C. The third-order valence-electron chi connectivity index (χ3n) is 1.36. The molecule has 0 aromatic carbocycles. The van der Waals surface area contributed by atoms with Gasteiger partial charge in [-0.1, -0.05) is 33.4 Å². The molecule has 0 spiro atoms. The number of hydrogen-bond donors (Lipinski definition) is 0. The average Bonchev–Trinajstić information content (AvgIpc) is 1.81. The first-order valence-electron chi connectivity index (χ1n) is 3.64. The lowest BCUT2D eigenvalue weighted by Crippen LogP contribution is -1.93. The normalized spacial score (nSPS) is 12.3. The van der Waals surface area contributed by atoms with Crippen molar-refractivity contribution in [2.45, 2.75) is 27.2 Å². The number of hydrogen-bond acceptors (Lipinski definition) is 0. The largest absolute Gasteiger partial charge is 0.207 e. The Morgan fingerprint density at radius 3 is 2.20 bits per heavy atom. The van der Waals surface area contributed by atoms with E-state index in [0.29, 0.717) is 0 Å². The van der Waals surface area contributed by atoms with Crippen molar-refractivity contribution in [2.75, 3.05) is 0 Å². The molecule has 0 saturated heterocycles. The zero-order valence-electron chi connectivity index (χ0n) is 6.95. The lowest BCUT2D eigenvalue weighted by Gasteiger charge is -2.06. The second-order valence-electron chi connectivity index (χ2n) is 2.63. The second-order valence-corrected chi connectivity index (χ2v) is 2.63. The van der Waals surface area contributed by atoms with Crippen LogP contribution in [0, 0.1) is 5.92 Å². The predicted molar refractivity (Wildman–Crippen MR) is 43.5 cm³/mol. The van der Waals surface area contributed by atoms with Crippen LogP contribution in [0.4, 0.5) is 4.39 Å². The van der Waals surface area contributed by atoms with Crippen LogP contribution in [0.3, 0.4) is 0 Å². The Kier molecular flexibility index (Phi) is 4.01. The van der Waals surface area contributed by atoms with Crippen LogP contribution in [0.1, 0.15) is 27.2 Å². The van der Waals surface area contributed by atoms with E-state index in [1.807, 2.05) is 26.8 Å². The van der Waals surface area contributed by atoms with E-state index in [4.69, 9.17) is 0 Å². The first-order valence-corrected chi connectivity index (χ1v) is 3.64. The number of rotatable bonds is 3. The van der Waals surface area contributed by atoms with Gasteiger partial charge >= 0.3 is 0 Å². The Labute approximate surface area is 62.4 Å². The minimum atomic E-state index is -0.295. The van der Waals surface area contributed by atoms with E-state index in [9.17, 15) is 4.39 Å². The molecule has 0 nitrogen and oxygen atoms in total. The van der Waals surface area contributed by atoms with Crippen LogP contribution in [0.15, 0.2) is 24.1 Å². The minimum absolute atomic E-state index is 0.248. The van der Waals surface area contributed by atoms with Crippen LogP contribution >= 0.6 is 0 Å². The Morgan fingerprint density at radius 2 is 2.10 bits per heavy atom. The molecule has 0 N–H and O–H groups in total. The third kappa shape index (κ3) is 2.81. The molecule has 0 radical (unpaired) electrons. The van der Waals surface area contributed by atoms with E-state index in [-0.39, 0.29) is 11.7 Å². The Bertz CT molecular complexity index is 143. The van der Waals surface area contributed by atoms with E-state index in [0.717, 1.165) is 12.0 Å². The van der Waals surface area contributed by atoms with E-state index < -0.39 is 0 Å². The molecule has 0 atom stereocenters. The average molecular weight is 142 g/mol. The molecule has 10 heavy (non-hydrogen) atoms. The summed E-state index contributed by atoms with van der Waals surface area (Å²) >= 11 is 0. The highest BCUT2D eigenvalue weighted by atomic mass is 19.1. The molecule has 0 rings (SSSR count). The summed E-state index contributed by atoms with van der Waals surface area (Å²) in [4.78, 5) is 0. The molecule has 58 valence electrons. The van der Waals surface area contributed by atoms with Gasteiger partial charge in [-0.15, -0.1) is 0 Å². The van der Waals surface area contributed by atoms with Crippen LogP contribution in [0.5, 0.6) is 0 Å². The Hall–Kier alpha value is -0.590. The summed E-state index contributed by atoms with van der Waals surface area (Å²) in [6, 6.07) is 0. The number of allylic oxidation sites excluding steroid dienone is 3. The van der Waals surface area contributed by atoms with Gasteiger partial charge in [0.05, 0.1) is 0 Å². The molecule has 0 aliphatic rings. The van der Waals surface area contributed by atoms with Gasteiger partial charge in [0.1, 0.15) is 5.83 Å². The van der Waals surface area contributed by atoms with Crippen molar-refractivity contribution in [3.05, 3.63) is 24.1 Å². The molecule has 0 aromatic rings. The van der Waals surface area contributed by atoms with E-state index in [2.05, 4.69) is 6.58 Å². The molecule has 0 amide bonds. The smallest absolute Gasteiger partial charge is 0.119 e. The molecule has 0 fully saturated rings. The van der Waals surface area contributed by atoms with Crippen molar-refractivity contribution >= 4 is 0 Å². The highest BCUT2D eigenvalue weighted by molar-refractivity contribution is 5.23. The maximum atomic E-state index is 12.5. The van der Waals surface area contributed by atoms with Gasteiger partial charge < -0.3 is 0 Å². The van der Waals surface area contributed by atoms with Gasteiger partial charge in [-0.2, -0.15) is 0 Å². The van der Waals surface area contributed by atoms with E-state index >= 15 is 0 Å². The van der Waals surface area contributed by atoms with Crippen molar-refractivity contribution in [3.8, 4) is 0 Å². The quantitative estimate of drug-likeness (QED) is 0.529. The van der Waals surface area contributed by atoms with Gasteiger partial charge in [0.15, 0.2) is 0 Å². The summed E-state index contributed by atoms with van der Waals surface area (Å²) in [6.07, 6.45) is 2.75. The maximum Gasteiger partial charge on any atom is 0.119 e. The summed E-state index contributed by atoms with van der Waals surface area (Å²) in [5.41, 5.74) is 0.738. The summed E-state index contributed by atoms with van der Waals surface area (Å²) in [5.74, 6) is -0.0469. The van der Waals surface area contributed by atoms with Crippen molar-refractivity contribution in [1.82, 2.24) is 0 Å². The molecule has 0 aromatic heterocycles. The van der Waals surface area contributed by atoms with Gasteiger partial charge in [0.25, 0.3) is 0 Å². The van der Waals surface area contributed by atoms with Crippen LogP contribution in [-0.2, 0) is 0 Å². The van der Waals surface area contributed by atoms with E-state index in [1.54, 1.807) is 0 Å². The summed E-state index contributed by atoms with van der Waals surface area (Å²) in [6.45, 7) is 9.18. The van der Waals surface area contributed by atoms with Crippen LogP contribution in [0.25, 0.3) is 0 Å². The van der Waals surface area contributed by atoms with Crippen molar-refractivity contribution < 1.29 is 4.39 Å².